The predicted molar refractivity (Wildman–Crippen MR) is 254 cm³/mol. The fourth-order valence-electron chi connectivity index (χ4n) is 12.5. The Balaban J connectivity index is 1.34. The number of hydrogen-bond donors (Lipinski definition) is 2. The summed E-state index contributed by atoms with van der Waals surface area (Å²) >= 11 is 0. The van der Waals surface area contributed by atoms with Gasteiger partial charge in [-0.25, -0.2) is 9.59 Å². The Hall–Kier alpha value is -2.78. The number of allylic oxidation sites excluding steroid dienone is 1. The minimum absolute atomic E-state index is 0.00235. The van der Waals surface area contributed by atoms with Gasteiger partial charge in [0.05, 0.1) is 6.42 Å². The summed E-state index contributed by atoms with van der Waals surface area (Å²) in [5, 5.41) is 5.88. The van der Waals surface area contributed by atoms with Gasteiger partial charge >= 0.3 is 18.2 Å². The second-order valence-electron chi connectivity index (χ2n) is 24.7. The van der Waals surface area contributed by atoms with E-state index in [-0.39, 0.29) is 36.2 Å². The van der Waals surface area contributed by atoms with Crippen LogP contribution in [0.2, 0.25) is 0 Å². The molecule has 0 radical (unpaired) electrons. The number of nitrogens with zero attached hydrogens (tertiary/aromatic N) is 1. The molecule has 0 spiro atoms. The van der Waals surface area contributed by atoms with E-state index in [9.17, 15) is 19.2 Å². The van der Waals surface area contributed by atoms with Crippen molar-refractivity contribution < 1.29 is 33.4 Å². The van der Waals surface area contributed by atoms with Crippen LogP contribution in [0, 0.1) is 52.3 Å². The van der Waals surface area contributed by atoms with Crippen LogP contribution < -0.4 is 10.6 Å². The average molecular weight is 884 g/mol. The molecule has 10 nitrogen and oxygen atoms in total. The molecule has 4 aliphatic rings. The molecule has 0 aliphatic heterocycles. The zero-order valence-electron chi connectivity index (χ0n) is 43.0. The number of hydrogen-bond acceptors (Lipinski definition) is 7. The summed E-state index contributed by atoms with van der Waals surface area (Å²) in [7, 11) is 0. The predicted octanol–water partition coefficient (Wildman–Crippen LogP) is 12.6. The molecule has 0 saturated heterocycles. The highest BCUT2D eigenvalue weighted by atomic mass is 16.6. The standard InChI is InChI=1S/C53H93N3O7/c1-17-37(35(2)3)19-18-36(4)41-22-23-42-40-21-20-38-34-39(26-28-52(38,15)43(40)27-29-53(41,42)16)61-45(58)25-24-44(57)56(32-30-50(11,12)54-46(59)62-48(5,6)7)33-31-51(13,14)55-47(60)63-49(8,9)10/h20,35-37,39-43H,17-19,21-34H2,1-16H3,(H,54,59)(H,55,60)/t36?,37?,39-,40-,41+,42-,43-,52-,53+/m0/s1. The topological polar surface area (TPSA) is 123 Å². The van der Waals surface area contributed by atoms with Crippen molar-refractivity contribution in [3.8, 4) is 0 Å². The fourth-order valence-corrected chi connectivity index (χ4v) is 12.5. The van der Waals surface area contributed by atoms with E-state index in [1.165, 1.54) is 50.5 Å². The van der Waals surface area contributed by atoms with Gasteiger partial charge in [0.25, 0.3) is 0 Å². The van der Waals surface area contributed by atoms with Gasteiger partial charge in [0, 0.05) is 37.0 Å². The van der Waals surface area contributed by atoms with Crippen LogP contribution in [0.1, 0.15) is 207 Å². The molecule has 2 N–H and O–H groups in total. The van der Waals surface area contributed by atoms with E-state index in [1.54, 1.807) is 4.90 Å². The average Bonchev–Trinajstić information content (AvgIpc) is 3.49. The normalized spacial score (nSPS) is 28.4. The molecule has 3 saturated carbocycles. The Kier molecular flexibility index (Phi) is 17.5. The van der Waals surface area contributed by atoms with Crippen LogP contribution in [0.5, 0.6) is 0 Å². The Bertz CT molecular complexity index is 1560. The SMILES string of the molecule is CCC(CCC(C)[C@H]1CC[C@H]2[C@@H]3CC=C4C[C@@H](OC(=O)CCC(=O)N(CCC(C)(C)NC(=O)OC(C)(C)C)CCC(C)(C)NC(=O)OC(C)(C)C)CC[C@]4(C)[C@H]3CC[C@]12C)C(C)C. The Morgan fingerprint density at radius 3 is 1.86 bits per heavy atom. The molecular formula is C53H93N3O7. The maximum Gasteiger partial charge on any atom is 0.408 e. The fraction of sp³-hybridized carbons (Fsp3) is 0.887. The van der Waals surface area contributed by atoms with E-state index in [0.717, 1.165) is 61.2 Å². The summed E-state index contributed by atoms with van der Waals surface area (Å²) in [5.74, 6) is 4.99. The van der Waals surface area contributed by atoms with Gasteiger partial charge in [-0.05, 0) is 186 Å². The van der Waals surface area contributed by atoms with Crippen LogP contribution in [0.4, 0.5) is 9.59 Å². The monoisotopic (exact) mass is 884 g/mol. The largest absolute Gasteiger partial charge is 0.462 e. The quantitative estimate of drug-likeness (QED) is 0.0798. The first-order chi connectivity index (χ1) is 29.0. The van der Waals surface area contributed by atoms with Gasteiger partial charge in [-0.1, -0.05) is 66.0 Å². The molecule has 3 fully saturated rings. The molecule has 9 atom stereocenters. The Morgan fingerprint density at radius 1 is 0.762 bits per heavy atom. The molecule has 4 rings (SSSR count). The molecule has 362 valence electrons. The van der Waals surface area contributed by atoms with E-state index in [1.807, 2.05) is 69.2 Å². The van der Waals surface area contributed by atoms with Crippen LogP contribution in [0.15, 0.2) is 11.6 Å². The number of esters is 1. The number of fused-ring (bicyclic) bond motifs is 5. The zero-order valence-corrected chi connectivity index (χ0v) is 43.0. The summed E-state index contributed by atoms with van der Waals surface area (Å²) in [6, 6.07) is 0. The lowest BCUT2D eigenvalue weighted by Crippen LogP contribution is -2.51. The molecule has 0 aromatic rings. The Labute approximate surface area is 384 Å². The van der Waals surface area contributed by atoms with Crippen molar-refractivity contribution in [1.82, 2.24) is 15.5 Å². The van der Waals surface area contributed by atoms with Gasteiger partial charge in [-0.2, -0.15) is 0 Å². The smallest absolute Gasteiger partial charge is 0.408 e. The van der Waals surface area contributed by atoms with Gasteiger partial charge in [-0.15, -0.1) is 0 Å². The van der Waals surface area contributed by atoms with Crippen molar-refractivity contribution in [2.45, 2.75) is 235 Å². The summed E-state index contributed by atoms with van der Waals surface area (Å²) < 4.78 is 17.1. The molecule has 2 unspecified atom stereocenters. The van der Waals surface area contributed by atoms with Crippen LogP contribution in [-0.2, 0) is 23.8 Å². The molecule has 0 heterocycles. The molecule has 0 aromatic carbocycles. The molecule has 4 aliphatic carbocycles. The number of alkyl carbamates (subject to hydrolysis) is 2. The number of rotatable bonds is 18. The van der Waals surface area contributed by atoms with Gasteiger partial charge in [0.2, 0.25) is 5.91 Å². The first-order valence-corrected chi connectivity index (χ1v) is 25.2. The van der Waals surface area contributed by atoms with E-state index < -0.39 is 34.5 Å². The van der Waals surface area contributed by atoms with Gasteiger partial charge in [0.1, 0.15) is 17.3 Å². The molecule has 63 heavy (non-hydrogen) atoms. The highest BCUT2D eigenvalue weighted by molar-refractivity contribution is 5.81. The first-order valence-electron chi connectivity index (χ1n) is 25.2. The maximum atomic E-state index is 13.9. The molecule has 0 aromatic heterocycles. The van der Waals surface area contributed by atoms with Crippen molar-refractivity contribution in [3.63, 3.8) is 0 Å². The molecule has 3 amide bonds. The molecular weight excluding hydrogens is 791 g/mol. The van der Waals surface area contributed by atoms with Crippen molar-refractivity contribution in [2.24, 2.45) is 52.3 Å². The van der Waals surface area contributed by atoms with Crippen LogP contribution in [-0.4, -0.2) is 70.4 Å². The van der Waals surface area contributed by atoms with E-state index in [4.69, 9.17) is 14.2 Å². The van der Waals surface area contributed by atoms with E-state index in [2.05, 4.69) is 58.3 Å². The number of carbonyl (C=O) groups excluding carboxylic acids is 4. The molecule has 0 bridgehead atoms. The van der Waals surface area contributed by atoms with E-state index >= 15 is 0 Å². The lowest BCUT2D eigenvalue weighted by molar-refractivity contribution is -0.153. The maximum absolute atomic E-state index is 13.9. The van der Waals surface area contributed by atoms with Crippen LogP contribution in [0.25, 0.3) is 0 Å². The van der Waals surface area contributed by atoms with Gasteiger partial charge in [-0.3, -0.25) is 9.59 Å². The summed E-state index contributed by atoms with van der Waals surface area (Å²) in [6.07, 6.45) is 15.6. The summed E-state index contributed by atoms with van der Waals surface area (Å²) in [4.78, 5) is 54.3. The lowest BCUT2D eigenvalue weighted by atomic mass is 9.47. The highest BCUT2D eigenvalue weighted by Gasteiger charge is 2.59. The lowest BCUT2D eigenvalue weighted by Gasteiger charge is -2.58. The van der Waals surface area contributed by atoms with Crippen LogP contribution in [0.3, 0.4) is 0 Å². The van der Waals surface area contributed by atoms with Crippen molar-refractivity contribution in [2.75, 3.05) is 13.1 Å². The van der Waals surface area contributed by atoms with Crippen molar-refractivity contribution in [1.29, 1.82) is 0 Å². The third kappa shape index (κ3) is 14.6. The summed E-state index contributed by atoms with van der Waals surface area (Å²) in [6.45, 7) is 34.1. The second kappa shape index (κ2) is 20.8. The van der Waals surface area contributed by atoms with Crippen molar-refractivity contribution in [3.05, 3.63) is 11.6 Å². The van der Waals surface area contributed by atoms with Gasteiger partial charge in [0.15, 0.2) is 0 Å². The third-order valence-electron chi connectivity index (χ3n) is 16.2. The second-order valence-corrected chi connectivity index (χ2v) is 24.7. The zero-order chi connectivity index (χ0) is 47.3. The third-order valence-corrected chi connectivity index (χ3v) is 16.2. The van der Waals surface area contributed by atoms with Crippen molar-refractivity contribution >= 4 is 24.1 Å². The minimum Gasteiger partial charge on any atom is -0.462 e. The summed E-state index contributed by atoms with van der Waals surface area (Å²) in [5.41, 5.74) is -0.523. The number of amides is 3. The van der Waals surface area contributed by atoms with Gasteiger partial charge < -0.3 is 29.7 Å². The number of ether oxygens (including phenoxy) is 3. The van der Waals surface area contributed by atoms with E-state index in [0.29, 0.717) is 37.3 Å². The number of nitrogens with one attached hydrogen (secondary N) is 2. The Morgan fingerprint density at radius 2 is 1.33 bits per heavy atom. The first kappa shape index (κ1) is 52.8. The number of carbonyl (C=O) groups is 4. The van der Waals surface area contributed by atoms with Crippen LogP contribution >= 0.6 is 0 Å². The highest BCUT2D eigenvalue weighted by Crippen LogP contribution is 2.67. The minimum atomic E-state index is -0.672. The molecule has 10 heteroatoms.